The normalized spacial score (nSPS) is 22.3. The van der Waals surface area contributed by atoms with Gasteiger partial charge in [-0.05, 0) is 17.8 Å². The molecule has 0 bridgehead atoms. The van der Waals surface area contributed by atoms with Gasteiger partial charge in [-0.15, -0.1) is 0 Å². The first kappa shape index (κ1) is 23.1. The van der Waals surface area contributed by atoms with Crippen molar-refractivity contribution in [3.05, 3.63) is 0 Å². The van der Waals surface area contributed by atoms with E-state index in [0.29, 0.717) is 0 Å². The van der Waals surface area contributed by atoms with Crippen molar-refractivity contribution >= 4 is 0 Å². The summed E-state index contributed by atoms with van der Waals surface area (Å²) in [7, 11) is 0. The first-order valence-electron chi connectivity index (χ1n) is 7.72. The van der Waals surface area contributed by atoms with Crippen LogP contribution >= 0.6 is 0 Å². The van der Waals surface area contributed by atoms with E-state index in [1.165, 1.54) is 51.4 Å². The quantitative estimate of drug-likeness (QED) is 0.484. The van der Waals surface area contributed by atoms with Crippen molar-refractivity contribution in [1.29, 1.82) is 0 Å². The second-order valence-corrected chi connectivity index (χ2v) is 5.65. The number of rotatable bonds is 5. The molecule has 0 radical (unpaired) electrons. The Kier molecular flexibility index (Phi) is 19.3. The van der Waals surface area contributed by atoms with E-state index < -0.39 is 0 Å². The Morgan fingerprint density at radius 1 is 0.833 bits per heavy atom. The van der Waals surface area contributed by atoms with Gasteiger partial charge >= 0.3 is 0 Å². The fourth-order valence-corrected chi connectivity index (χ4v) is 2.79. The van der Waals surface area contributed by atoms with E-state index in [0.717, 1.165) is 17.8 Å². The standard InChI is InChI=1S/C14H28.C2H6.2CH4/c1-4-5-13-8-10-14(11-9-13)7-6-12(2)3;1-2;;/h12-14H,4-11H2,1-3H3;1-2H3;2*1H4. The van der Waals surface area contributed by atoms with Gasteiger partial charge in [-0.25, -0.2) is 0 Å². The summed E-state index contributed by atoms with van der Waals surface area (Å²) in [4.78, 5) is 0. The van der Waals surface area contributed by atoms with Gasteiger partial charge < -0.3 is 0 Å². The molecule has 0 unspecified atom stereocenters. The van der Waals surface area contributed by atoms with Crippen LogP contribution in [-0.2, 0) is 0 Å². The molecule has 1 saturated carbocycles. The summed E-state index contributed by atoms with van der Waals surface area (Å²) in [5.41, 5.74) is 0. The lowest BCUT2D eigenvalue weighted by molar-refractivity contribution is 0.243. The van der Waals surface area contributed by atoms with Crippen molar-refractivity contribution in [3.63, 3.8) is 0 Å². The largest absolute Gasteiger partial charge is 0.0776 e. The molecule has 0 heterocycles. The van der Waals surface area contributed by atoms with Crippen LogP contribution in [0, 0.1) is 17.8 Å². The Labute approximate surface area is 119 Å². The zero-order valence-corrected chi connectivity index (χ0v) is 12.4. The molecule has 0 spiro atoms. The van der Waals surface area contributed by atoms with Gasteiger partial charge in [0.2, 0.25) is 0 Å². The average molecular weight is 259 g/mol. The predicted octanol–water partition coefficient (Wildman–Crippen LogP) is 7.33. The highest BCUT2D eigenvalue weighted by atomic mass is 14.3. The van der Waals surface area contributed by atoms with Crippen LogP contribution in [0.15, 0.2) is 0 Å². The summed E-state index contributed by atoms with van der Waals surface area (Å²) < 4.78 is 0. The van der Waals surface area contributed by atoms with E-state index in [4.69, 9.17) is 0 Å². The molecule has 0 aromatic carbocycles. The van der Waals surface area contributed by atoms with Crippen LogP contribution in [0.2, 0.25) is 0 Å². The third-order valence-electron chi connectivity index (χ3n) is 3.82. The molecule has 1 aliphatic carbocycles. The van der Waals surface area contributed by atoms with Crippen LogP contribution < -0.4 is 0 Å². The Morgan fingerprint density at radius 3 is 1.56 bits per heavy atom. The molecule has 0 N–H and O–H groups in total. The molecule has 0 atom stereocenters. The molecule has 0 saturated heterocycles. The summed E-state index contributed by atoms with van der Waals surface area (Å²) in [6.45, 7) is 11.0. The Hall–Kier alpha value is 0. The fourth-order valence-electron chi connectivity index (χ4n) is 2.79. The van der Waals surface area contributed by atoms with Crippen LogP contribution in [0.5, 0.6) is 0 Å². The molecular weight excluding hydrogens is 216 g/mol. The van der Waals surface area contributed by atoms with Crippen molar-refractivity contribution in [1.82, 2.24) is 0 Å². The molecule has 0 nitrogen and oxygen atoms in total. The van der Waals surface area contributed by atoms with E-state index in [1.807, 2.05) is 13.8 Å². The lowest BCUT2D eigenvalue weighted by Gasteiger charge is -2.28. The molecular formula is C18H42. The Bertz CT molecular complexity index is 129. The molecule has 0 aliphatic heterocycles. The van der Waals surface area contributed by atoms with Crippen LogP contribution in [0.4, 0.5) is 0 Å². The minimum absolute atomic E-state index is 0. The van der Waals surface area contributed by atoms with E-state index >= 15 is 0 Å². The summed E-state index contributed by atoms with van der Waals surface area (Å²) in [5.74, 6) is 3.06. The average Bonchev–Trinajstić information content (AvgIpc) is 2.31. The zero-order valence-electron chi connectivity index (χ0n) is 12.4. The van der Waals surface area contributed by atoms with Gasteiger partial charge in [-0.1, -0.05) is 101 Å². The number of hydrogen-bond acceptors (Lipinski definition) is 0. The highest BCUT2D eigenvalue weighted by Gasteiger charge is 2.20. The lowest BCUT2D eigenvalue weighted by atomic mass is 9.78. The van der Waals surface area contributed by atoms with Crippen molar-refractivity contribution in [3.8, 4) is 0 Å². The summed E-state index contributed by atoms with van der Waals surface area (Å²) >= 11 is 0. The molecule has 18 heavy (non-hydrogen) atoms. The van der Waals surface area contributed by atoms with Crippen molar-refractivity contribution < 1.29 is 0 Å². The zero-order chi connectivity index (χ0) is 12.4. The maximum atomic E-state index is 2.35. The lowest BCUT2D eigenvalue weighted by Crippen LogP contribution is -2.14. The minimum Gasteiger partial charge on any atom is -0.0776 e. The van der Waals surface area contributed by atoms with Crippen molar-refractivity contribution in [2.24, 2.45) is 17.8 Å². The SMILES string of the molecule is C.C.CC.CCCC1CCC(CCC(C)C)CC1. The van der Waals surface area contributed by atoms with E-state index in [2.05, 4.69) is 20.8 Å². The molecule has 114 valence electrons. The van der Waals surface area contributed by atoms with Gasteiger partial charge in [0.15, 0.2) is 0 Å². The third-order valence-corrected chi connectivity index (χ3v) is 3.82. The summed E-state index contributed by atoms with van der Waals surface area (Å²) in [6.07, 6.45) is 11.9. The van der Waals surface area contributed by atoms with E-state index in [1.54, 1.807) is 0 Å². The van der Waals surface area contributed by atoms with Gasteiger partial charge in [0.1, 0.15) is 0 Å². The smallest absolute Gasteiger partial charge is 0.0414 e. The van der Waals surface area contributed by atoms with Gasteiger partial charge in [-0.2, -0.15) is 0 Å². The Morgan fingerprint density at radius 2 is 1.22 bits per heavy atom. The molecule has 0 aromatic heterocycles. The van der Waals surface area contributed by atoms with Crippen LogP contribution in [0.1, 0.15) is 101 Å². The van der Waals surface area contributed by atoms with Gasteiger partial charge in [0.05, 0.1) is 0 Å². The molecule has 0 amide bonds. The molecule has 1 rings (SSSR count). The summed E-state index contributed by atoms with van der Waals surface area (Å²) in [6, 6.07) is 0. The molecule has 0 aromatic rings. The maximum absolute atomic E-state index is 2.35. The second kappa shape index (κ2) is 15.1. The van der Waals surface area contributed by atoms with Gasteiger partial charge in [0, 0.05) is 0 Å². The van der Waals surface area contributed by atoms with Gasteiger partial charge in [0.25, 0.3) is 0 Å². The third kappa shape index (κ3) is 11.1. The molecule has 1 fully saturated rings. The van der Waals surface area contributed by atoms with E-state index in [9.17, 15) is 0 Å². The first-order chi connectivity index (χ1) is 7.72. The first-order valence-corrected chi connectivity index (χ1v) is 7.72. The number of hydrogen-bond donors (Lipinski definition) is 0. The van der Waals surface area contributed by atoms with Crippen molar-refractivity contribution in [2.75, 3.05) is 0 Å². The Balaban J connectivity index is -0.000000534. The summed E-state index contributed by atoms with van der Waals surface area (Å²) in [5, 5.41) is 0. The minimum atomic E-state index is 0. The van der Waals surface area contributed by atoms with Crippen LogP contribution in [-0.4, -0.2) is 0 Å². The predicted molar refractivity (Wildman–Crippen MR) is 89.2 cm³/mol. The highest BCUT2D eigenvalue weighted by molar-refractivity contribution is 4.72. The maximum Gasteiger partial charge on any atom is -0.0414 e. The molecule has 1 aliphatic rings. The van der Waals surface area contributed by atoms with Crippen LogP contribution in [0.25, 0.3) is 0 Å². The molecule has 0 heteroatoms. The van der Waals surface area contributed by atoms with Crippen molar-refractivity contribution in [2.45, 2.75) is 101 Å². The van der Waals surface area contributed by atoms with Crippen LogP contribution in [0.3, 0.4) is 0 Å². The highest BCUT2D eigenvalue weighted by Crippen LogP contribution is 2.34. The monoisotopic (exact) mass is 258 g/mol. The topological polar surface area (TPSA) is 0 Å². The van der Waals surface area contributed by atoms with Gasteiger partial charge in [-0.3, -0.25) is 0 Å². The fraction of sp³-hybridized carbons (Fsp3) is 1.00. The van der Waals surface area contributed by atoms with E-state index in [-0.39, 0.29) is 14.9 Å². The second-order valence-electron chi connectivity index (χ2n) is 5.65.